The van der Waals surface area contributed by atoms with Gasteiger partial charge in [-0.15, -0.1) is 0 Å². The first-order chi connectivity index (χ1) is 8.56. The molecule has 6 heteroatoms. The van der Waals surface area contributed by atoms with Crippen LogP contribution < -0.4 is 0 Å². The maximum Gasteiger partial charge on any atom is 0.253 e. The first kappa shape index (κ1) is 11.3. The topological polar surface area (TPSA) is 43.6 Å². The molecule has 0 radical (unpaired) electrons. The summed E-state index contributed by atoms with van der Waals surface area (Å²) in [6, 6.07) is 0. The predicted octanol–water partition coefficient (Wildman–Crippen LogP) is 2.30. The number of alkyl halides is 2. The fraction of sp³-hybridized carbons (Fsp3) is 0.417. The van der Waals surface area contributed by atoms with Crippen LogP contribution in [-0.2, 0) is 6.54 Å². The summed E-state index contributed by atoms with van der Waals surface area (Å²) >= 11 is 0. The van der Waals surface area contributed by atoms with E-state index in [1.807, 2.05) is 0 Å². The van der Waals surface area contributed by atoms with E-state index in [2.05, 4.69) is 15.0 Å². The van der Waals surface area contributed by atoms with Crippen molar-refractivity contribution in [3.8, 4) is 11.4 Å². The van der Waals surface area contributed by atoms with Crippen LogP contribution in [0.15, 0.2) is 24.8 Å². The molecule has 1 aliphatic carbocycles. The molecule has 18 heavy (non-hydrogen) atoms. The van der Waals surface area contributed by atoms with Crippen molar-refractivity contribution in [1.29, 1.82) is 0 Å². The van der Waals surface area contributed by atoms with Crippen molar-refractivity contribution >= 4 is 0 Å². The minimum atomic E-state index is -2.51. The Bertz CT molecular complexity index is 562. The second-order valence-corrected chi connectivity index (χ2v) is 4.58. The molecule has 0 amide bonds. The van der Waals surface area contributed by atoms with Gasteiger partial charge in [-0.1, -0.05) is 0 Å². The summed E-state index contributed by atoms with van der Waals surface area (Å²) in [7, 11) is 0. The van der Waals surface area contributed by atoms with Gasteiger partial charge in [-0.05, 0) is 6.92 Å². The van der Waals surface area contributed by atoms with Crippen molar-refractivity contribution in [1.82, 2.24) is 19.5 Å². The third-order valence-corrected chi connectivity index (χ3v) is 3.13. The Balaban J connectivity index is 1.85. The molecule has 2 aromatic heterocycles. The molecule has 2 aromatic rings. The number of hydrogen-bond donors (Lipinski definition) is 0. The highest BCUT2D eigenvalue weighted by Gasteiger charge is 2.56. The molecule has 0 spiro atoms. The van der Waals surface area contributed by atoms with E-state index in [-0.39, 0.29) is 13.0 Å². The van der Waals surface area contributed by atoms with Crippen molar-refractivity contribution in [3.05, 3.63) is 30.6 Å². The lowest BCUT2D eigenvalue weighted by molar-refractivity contribution is 0.0952. The van der Waals surface area contributed by atoms with Crippen molar-refractivity contribution in [2.45, 2.75) is 25.8 Å². The van der Waals surface area contributed by atoms with Gasteiger partial charge in [0.05, 0.1) is 5.56 Å². The summed E-state index contributed by atoms with van der Waals surface area (Å²) in [6.07, 6.45) is 6.60. The molecule has 94 valence electrons. The van der Waals surface area contributed by atoms with E-state index in [0.29, 0.717) is 11.6 Å². The van der Waals surface area contributed by atoms with Gasteiger partial charge < -0.3 is 4.57 Å². The Morgan fingerprint density at radius 2 is 2.00 bits per heavy atom. The van der Waals surface area contributed by atoms with Crippen molar-refractivity contribution < 1.29 is 8.78 Å². The van der Waals surface area contributed by atoms with Gasteiger partial charge in [0.1, 0.15) is 11.6 Å². The van der Waals surface area contributed by atoms with Crippen LogP contribution in [0.25, 0.3) is 11.4 Å². The molecule has 0 aliphatic heterocycles. The number of imidazole rings is 1. The lowest BCUT2D eigenvalue weighted by Crippen LogP contribution is -2.06. The van der Waals surface area contributed by atoms with E-state index in [1.54, 1.807) is 36.3 Å². The van der Waals surface area contributed by atoms with Gasteiger partial charge in [0.25, 0.3) is 5.92 Å². The zero-order valence-corrected chi connectivity index (χ0v) is 9.85. The zero-order valence-electron chi connectivity index (χ0n) is 9.85. The van der Waals surface area contributed by atoms with Gasteiger partial charge >= 0.3 is 0 Å². The van der Waals surface area contributed by atoms with Crippen molar-refractivity contribution in [3.63, 3.8) is 0 Å². The summed E-state index contributed by atoms with van der Waals surface area (Å²) in [5.74, 6) is -1.77. The highest BCUT2D eigenvalue weighted by molar-refractivity contribution is 5.52. The standard InChI is InChI=1S/C12H12F2N4/c1-8-16-5-9(6-17-8)11-15-2-3-18(11)7-10-4-12(10,13)14/h2-3,5-6,10H,4,7H2,1H3. The Morgan fingerprint density at radius 3 is 2.61 bits per heavy atom. The summed E-state index contributed by atoms with van der Waals surface area (Å²) in [4.78, 5) is 12.4. The number of nitrogens with zero attached hydrogens (tertiary/aromatic N) is 4. The maximum absolute atomic E-state index is 12.9. The van der Waals surface area contributed by atoms with E-state index in [9.17, 15) is 8.78 Å². The lowest BCUT2D eigenvalue weighted by atomic mass is 10.3. The highest BCUT2D eigenvalue weighted by atomic mass is 19.3. The van der Waals surface area contributed by atoms with Gasteiger partial charge in [0.2, 0.25) is 0 Å². The summed E-state index contributed by atoms with van der Waals surface area (Å²) in [5, 5.41) is 0. The first-order valence-corrected chi connectivity index (χ1v) is 5.74. The minimum absolute atomic E-state index is 0.0327. The van der Waals surface area contributed by atoms with Gasteiger partial charge in [-0.3, -0.25) is 0 Å². The van der Waals surface area contributed by atoms with Crippen LogP contribution in [0.5, 0.6) is 0 Å². The van der Waals surface area contributed by atoms with E-state index in [4.69, 9.17) is 0 Å². The van der Waals surface area contributed by atoms with E-state index in [1.165, 1.54) is 0 Å². The second kappa shape index (κ2) is 3.83. The molecule has 0 N–H and O–H groups in total. The van der Waals surface area contributed by atoms with Crippen LogP contribution in [0.3, 0.4) is 0 Å². The Labute approximate surface area is 103 Å². The van der Waals surface area contributed by atoms with E-state index < -0.39 is 11.8 Å². The second-order valence-electron chi connectivity index (χ2n) is 4.58. The fourth-order valence-corrected chi connectivity index (χ4v) is 1.93. The van der Waals surface area contributed by atoms with Crippen LogP contribution in [0.1, 0.15) is 12.2 Å². The van der Waals surface area contributed by atoms with Gasteiger partial charge in [0, 0.05) is 43.7 Å². The summed E-state index contributed by atoms with van der Waals surface area (Å²) in [5.41, 5.74) is 0.745. The van der Waals surface area contributed by atoms with E-state index >= 15 is 0 Å². The predicted molar refractivity (Wildman–Crippen MR) is 61.0 cm³/mol. The van der Waals surface area contributed by atoms with Gasteiger partial charge in [-0.2, -0.15) is 0 Å². The molecule has 2 heterocycles. The van der Waals surface area contributed by atoms with Crippen LogP contribution in [0.4, 0.5) is 8.78 Å². The molecule has 1 saturated carbocycles. The molecule has 0 bridgehead atoms. The summed E-state index contributed by atoms with van der Waals surface area (Å²) in [6.45, 7) is 2.08. The average Bonchev–Trinajstić information content (AvgIpc) is 2.75. The van der Waals surface area contributed by atoms with Crippen LogP contribution in [-0.4, -0.2) is 25.4 Å². The van der Waals surface area contributed by atoms with Crippen LogP contribution in [0.2, 0.25) is 0 Å². The fourth-order valence-electron chi connectivity index (χ4n) is 1.93. The Morgan fingerprint density at radius 1 is 1.33 bits per heavy atom. The normalized spacial score (nSPS) is 20.9. The average molecular weight is 250 g/mol. The summed E-state index contributed by atoms with van der Waals surface area (Å²) < 4.78 is 27.6. The number of halogens is 2. The maximum atomic E-state index is 12.9. The zero-order chi connectivity index (χ0) is 12.8. The minimum Gasteiger partial charge on any atom is -0.330 e. The highest BCUT2D eigenvalue weighted by Crippen LogP contribution is 2.49. The molecule has 0 aromatic carbocycles. The smallest absolute Gasteiger partial charge is 0.253 e. The SMILES string of the molecule is Cc1ncc(-c2nccn2CC2CC2(F)F)cn1. The third kappa shape index (κ3) is 1.98. The largest absolute Gasteiger partial charge is 0.330 e. The number of aromatic nitrogens is 4. The molecule has 1 unspecified atom stereocenters. The van der Waals surface area contributed by atoms with Gasteiger partial charge in [-0.25, -0.2) is 23.7 Å². The molecule has 1 fully saturated rings. The third-order valence-electron chi connectivity index (χ3n) is 3.13. The number of rotatable bonds is 3. The van der Waals surface area contributed by atoms with Crippen LogP contribution >= 0.6 is 0 Å². The van der Waals surface area contributed by atoms with Crippen LogP contribution in [0, 0.1) is 12.8 Å². The molecule has 0 saturated heterocycles. The van der Waals surface area contributed by atoms with E-state index in [0.717, 1.165) is 5.56 Å². The van der Waals surface area contributed by atoms with Crippen molar-refractivity contribution in [2.75, 3.05) is 0 Å². The molecule has 1 aliphatic rings. The quantitative estimate of drug-likeness (QED) is 0.839. The van der Waals surface area contributed by atoms with Crippen molar-refractivity contribution in [2.24, 2.45) is 5.92 Å². The Hall–Kier alpha value is -1.85. The molecule has 3 rings (SSSR count). The molecule has 4 nitrogen and oxygen atoms in total. The first-order valence-electron chi connectivity index (χ1n) is 5.74. The molecular weight excluding hydrogens is 238 g/mol. The molecule has 1 atom stereocenters. The number of hydrogen-bond acceptors (Lipinski definition) is 3. The lowest BCUT2D eigenvalue weighted by Gasteiger charge is -2.06. The monoisotopic (exact) mass is 250 g/mol. The van der Waals surface area contributed by atoms with Gasteiger partial charge in [0.15, 0.2) is 0 Å². The Kier molecular flexibility index (Phi) is 2.39. The number of aryl methyl sites for hydroxylation is 1. The molecular formula is C12H12F2N4.